The molecule has 0 unspecified atom stereocenters. The number of ether oxygens (including phenoxy) is 1. The van der Waals surface area contributed by atoms with Crippen molar-refractivity contribution >= 4 is 6.09 Å². The minimum absolute atomic E-state index is 0.280. The van der Waals surface area contributed by atoms with Crippen molar-refractivity contribution in [2.45, 2.75) is 20.0 Å². The Morgan fingerprint density at radius 3 is 2.67 bits per heavy atom. The summed E-state index contributed by atoms with van der Waals surface area (Å²) >= 11 is 0. The Bertz CT molecular complexity index is 458. The number of benzene rings is 1. The van der Waals surface area contributed by atoms with Gasteiger partial charge in [-0.15, -0.1) is 0 Å². The number of hydrogen-bond acceptors (Lipinski definition) is 3. The first-order valence-corrected chi connectivity index (χ1v) is 6.06. The normalized spacial score (nSPS) is 16.6. The second kappa shape index (κ2) is 5.09. The molecule has 1 saturated heterocycles. The number of amides is 1. The molecule has 0 aromatic heterocycles. The molecule has 1 amide bonds. The summed E-state index contributed by atoms with van der Waals surface area (Å²) in [4.78, 5) is 13.3. The van der Waals surface area contributed by atoms with E-state index in [4.69, 9.17) is 10.00 Å². The van der Waals surface area contributed by atoms with E-state index in [1.165, 1.54) is 0 Å². The minimum Gasteiger partial charge on any atom is -0.445 e. The molecule has 0 aliphatic carbocycles. The van der Waals surface area contributed by atoms with E-state index in [-0.39, 0.29) is 18.1 Å². The van der Waals surface area contributed by atoms with Gasteiger partial charge in [0, 0.05) is 13.1 Å². The molecule has 94 valence electrons. The van der Waals surface area contributed by atoms with Crippen molar-refractivity contribution in [1.29, 1.82) is 5.26 Å². The molecule has 1 fully saturated rings. The van der Waals surface area contributed by atoms with Gasteiger partial charge in [0.2, 0.25) is 0 Å². The number of carbonyl (C=O) groups excluding carboxylic acids is 1. The quantitative estimate of drug-likeness (QED) is 0.821. The van der Waals surface area contributed by atoms with Gasteiger partial charge in [-0.2, -0.15) is 5.26 Å². The number of nitrogens with zero attached hydrogens (tertiary/aromatic N) is 2. The maximum atomic E-state index is 11.7. The van der Waals surface area contributed by atoms with Crippen LogP contribution in [-0.4, -0.2) is 24.1 Å². The van der Waals surface area contributed by atoms with Gasteiger partial charge in [-0.1, -0.05) is 37.3 Å². The van der Waals surface area contributed by atoms with Crippen LogP contribution in [0.1, 0.15) is 18.9 Å². The molecule has 0 N–H and O–H groups in total. The van der Waals surface area contributed by atoms with Crippen LogP contribution < -0.4 is 0 Å². The Hall–Kier alpha value is -2.02. The summed E-state index contributed by atoms with van der Waals surface area (Å²) in [6.07, 6.45) is 0.435. The molecular weight excluding hydrogens is 228 g/mol. The van der Waals surface area contributed by atoms with E-state index in [1.54, 1.807) is 4.90 Å². The number of hydrogen-bond donors (Lipinski definition) is 0. The van der Waals surface area contributed by atoms with Gasteiger partial charge in [0.25, 0.3) is 0 Å². The third-order valence-corrected chi connectivity index (χ3v) is 3.36. The van der Waals surface area contributed by atoms with Crippen molar-refractivity contribution in [2.75, 3.05) is 13.1 Å². The summed E-state index contributed by atoms with van der Waals surface area (Å²) < 4.78 is 5.19. The van der Waals surface area contributed by atoms with Crippen molar-refractivity contribution in [3.05, 3.63) is 35.9 Å². The lowest BCUT2D eigenvalue weighted by Crippen LogP contribution is -2.57. The van der Waals surface area contributed by atoms with Gasteiger partial charge in [0.1, 0.15) is 6.61 Å². The Balaban J connectivity index is 1.80. The standard InChI is InChI=1S/C14H16N2O2/c1-2-14(9-15)10-16(11-14)13(17)18-8-12-6-4-3-5-7-12/h3-7H,2,8,10-11H2,1H3. The minimum atomic E-state index is -0.355. The summed E-state index contributed by atoms with van der Waals surface area (Å²) in [5.41, 5.74) is 0.611. The number of likely N-dealkylation sites (tertiary alicyclic amines) is 1. The van der Waals surface area contributed by atoms with Crippen LogP contribution >= 0.6 is 0 Å². The van der Waals surface area contributed by atoms with E-state index >= 15 is 0 Å². The highest BCUT2D eigenvalue weighted by atomic mass is 16.6. The van der Waals surface area contributed by atoms with Gasteiger partial charge in [-0.25, -0.2) is 4.79 Å². The maximum Gasteiger partial charge on any atom is 0.410 e. The Labute approximate surface area is 107 Å². The fourth-order valence-corrected chi connectivity index (χ4v) is 2.00. The van der Waals surface area contributed by atoms with E-state index in [9.17, 15) is 4.79 Å². The zero-order chi connectivity index (χ0) is 13.0. The van der Waals surface area contributed by atoms with Gasteiger partial charge < -0.3 is 9.64 Å². The molecule has 0 spiro atoms. The van der Waals surface area contributed by atoms with Crippen molar-refractivity contribution in [1.82, 2.24) is 4.90 Å². The highest BCUT2D eigenvalue weighted by Gasteiger charge is 2.44. The fourth-order valence-electron chi connectivity index (χ4n) is 2.00. The highest BCUT2D eigenvalue weighted by Crippen LogP contribution is 2.33. The Morgan fingerprint density at radius 2 is 2.11 bits per heavy atom. The van der Waals surface area contributed by atoms with E-state index in [1.807, 2.05) is 37.3 Å². The molecule has 1 aliphatic rings. The Kier molecular flexibility index (Phi) is 3.52. The molecule has 1 aliphatic heterocycles. The molecule has 0 atom stereocenters. The number of nitriles is 1. The predicted molar refractivity (Wildman–Crippen MR) is 66.5 cm³/mol. The molecule has 1 heterocycles. The Morgan fingerprint density at radius 1 is 1.44 bits per heavy atom. The van der Waals surface area contributed by atoms with Crippen LogP contribution in [0.2, 0.25) is 0 Å². The summed E-state index contributed by atoms with van der Waals surface area (Å²) in [6, 6.07) is 11.8. The van der Waals surface area contributed by atoms with Crippen LogP contribution in [-0.2, 0) is 11.3 Å². The molecule has 18 heavy (non-hydrogen) atoms. The zero-order valence-electron chi connectivity index (χ0n) is 10.4. The first-order valence-electron chi connectivity index (χ1n) is 6.06. The lowest BCUT2D eigenvalue weighted by molar-refractivity contribution is 0.0212. The smallest absolute Gasteiger partial charge is 0.410 e. The second-order valence-electron chi connectivity index (χ2n) is 4.64. The lowest BCUT2D eigenvalue weighted by atomic mass is 9.79. The lowest BCUT2D eigenvalue weighted by Gasteiger charge is -2.44. The van der Waals surface area contributed by atoms with Crippen molar-refractivity contribution < 1.29 is 9.53 Å². The molecule has 0 saturated carbocycles. The third-order valence-electron chi connectivity index (χ3n) is 3.36. The first kappa shape index (κ1) is 12.4. The van der Waals surface area contributed by atoms with E-state index < -0.39 is 0 Å². The topological polar surface area (TPSA) is 53.3 Å². The van der Waals surface area contributed by atoms with Crippen LogP contribution in [0.3, 0.4) is 0 Å². The van der Waals surface area contributed by atoms with E-state index in [0.29, 0.717) is 13.1 Å². The third kappa shape index (κ3) is 2.45. The monoisotopic (exact) mass is 244 g/mol. The van der Waals surface area contributed by atoms with Crippen molar-refractivity contribution in [2.24, 2.45) is 5.41 Å². The average Bonchev–Trinajstić information content (AvgIpc) is 2.37. The summed E-state index contributed by atoms with van der Waals surface area (Å²) in [5, 5.41) is 9.02. The average molecular weight is 244 g/mol. The van der Waals surface area contributed by atoms with Crippen LogP contribution in [0, 0.1) is 16.7 Å². The SMILES string of the molecule is CCC1(C#N)CN(C(=O)OCc2ccccc2)C1. The second-order valence-corrected chi connectivity index (χ2v) is 4.64. The first-order chi connectivity index (χ1) is 8.69. The van der Waals surface area contributed by atoms with Crippen molar-refractivity contribution in [3.8, 4) is 6.07 Å². The molecule has 0 radical (unpaired) electrons. The van der Waals surface area contributed by atoms with Crippen molar-refractivity contribution in [3.63, 3.8) is 0 Å². The van der Waals surface area contributed by atoms with Gasteiger partial charge in [0.05, 0.1) is 11.5 Å². The number of rotatable bonds is 3. The van der Waals surface area contributed by atoms with Gasteiger partial charge in [-0.3, -0.25) is 0 Å². The number of carbonyl (C=O) groups is 1. The van der Waals surface area contributed by atoms with Gasteiger partial charge in [-0.05, 0) is 12.0 Å². The largest absolute Gasteiger partial charge is 0.445 e. The van der Waals surface area contributed by atoms with Gasteiger partial charge in [0.15, 0.2) is 0 Å². The molecule has 1 aromatic carbocycles. The van der Waals surface area contributed by atoms with Gasteiger partial charge >= 0.3 is 6.09 Å². The zero-order valence-corrected chi connectivity index (χ0v) is 10.4. The van der Waals surface area contributed by atoms with Crippen LogP contribution in [0.15, 0.2) is 30.3 Å². The van der Waals surface area contributed by atoms with E-state index in [2.05, 4.69) is 6.07 Å². The molecule has 0 bridgehead atoms. The highest BCUT2D eigenvalue weighted by molar-refractivity contribution is 5.69. The molecule has 2 rings (SSSR count). The summed E-state index contributed by atoms with van der Waals surface area (Å²) in [6.45, 7) is 3.21. The molecule has 1 aromatic rings. The molecule has 4 nitrogen and oxygen atoms in total. The van der Waals surface area contributed by atoms with E-state index in [0.717, 1.165) is 12.0 Å². The maximum absolute atomic E-state index is 11.7. The molecular formula is C14H16N2O2. The van der Waals surface area contributed by atoms with Crippen LogP contribution in [0.4, 0.5) is 4.79 Å². The van der Waals surface area contributed by atoms with Crippen LogP contribution in [0.5, 0.6) is 0 Å². The van der Waals surface area contributed by atoms with Crippen LogP contribution in [0.25, 0.3) is 0 Å². The summed E-state index contributed by atoms with van der Waals surface area (Å²) in [7, 11) is 0. The fraction of sp³-hybridized carbons (Fsp3) is 0.429. The summed E-state index contributed by atoms with van der Waals surface area (Å²) in [5.74, 6) is 0. The predicted octanol–water partition coefficient (Wildman–Crippen LogP) is 2.56. The molecule has 4 heteroatoms.